The van der Waals surface area contributed by atoms with E-state index in [0.29, 0.717) is 12.0 Å². The van der Waals surface area contributed by atoms with Crippen molar-refractivity contribution < 1.29 is 13.7 Å². The van der Waals surface area contributed by atoms with Crippen LogP contribution in [0.3, 0.4) is 0 Å². The van der Waals surface area contributed by atoms with Gasteiger partial charge in [0.15, 0.2) is 0 Å². The van der Waals surface area contributed by atoms with Gasteiger partial charge >= 0.3 is 0 Å². The van der Waals surface area contributed by atoms with E-state index in [9.17, 15) is 9.18 Å². The zero-order valence-electron chi connectivity index (χ0n) is 19.0. The number of amides is 1. The van der Waals surface area contributed by atoms with E-state index in [1.165, 1.54) is 12.1 Å². The van der Waals surface area contributed by atoms with Crippen molar-refractivity contribution in [2.45, 2.75) is 18.3 Å². The van der Waals surface area contributed by atoms with E-state index < -0.39 is 5.41 Å². The standard InChI is InChI=1S/C29H29FN2O/c1-32(19-9-8-11-23-12-10-17-27(30)21-23)20-18-26(22-32)29(28(31)33,24-13-4-2-5-14-24)25-15-6-3-7-16-25/h2-7,10,12-17,21,26H,9,18-20,22H2,1H3,(H-,31,33)/p+1. The minimum absolute atomic E-state index is 0.0842. The first-order chi connectivity index (χ1) is 15.9. The van der Waals surface area contributed by atoms with Crippen molar-refractivity contribution in [2.24, 2.45) is 11.7 Å². The molecule has 1 amide bonds. The van der Waals surface area contributed by atoms with E-state index in [1.807, 2.05) is 66.7 Å². The topological polar surface area (TPSA) is 43.1 Å². The molecule has 1 saturated heterocycles. The van der Waals surface area contributed by atoms with Gasteiger partial charge in [0.25, 0.3) is 0 Å². The molecule has 1 aliphatic heterocycles. The van der Waals surface area contributed by atoms with E-state index in [2.05, 4.69) is 18.9 Å². The lowest BCUT2D eigenvalue weighted by Crippen LogP contribution is -2.51. The van der Waals surface area contributed by atoms with Crippen LogP contribution in [0.15, 0.2) is 84.9 Å². The van der Waals surface area contributed by atoms with Crippen molar-refractivity contribution in [3.8, 4) is 11.8 Å². The molecule has 3 aromatic carbocycles. The number of carbonyl (C=O) groups is 1. The number of benzene rings is 3. The van der Waals surface area contributed by atoms with Gasteiger partial charge in [0.05, 0.1) is 33.1 Å². The van der Waals surface area contributed by atoms with Crippen LogP contribution in [0.4, 0.5) is 4.39 Å². The average molecular weight is 442 g/mol. The van der Waals surface area contributed by atoms with Crippen LogP contribution in [0.2, 0.25) is 0 Å². The Morgan fingerprint density at radius 3 is 2.24 bits per heavy atom. The number of quaternary nitrogens is 1. The minimum atomic E-state index is -0.869. The molecule has 2 N–H and O–H groups in total. The molecule has 0 aromatic heterocycles. The Kier molecular flexibility index (Phi) is 6.62. The zero-order chi connectivity index (χ0) is 23.3. The molecule has 4 heteroatoms. The normalized spacial score (nSPS) is 20.1. The molecule has 0 spiro atoms. The molecule has 1 heterocycles. The number of likely N-dealkylation sites (tertiary alicyclic amines) is 1. The first-order valence-electron chi connectivity index (χ1n) is 11.4. The molecule has 0 radical (unpaired) electrons. The van der Waals surface area contributed by atoms with Crippen molar-refractivity contribution in [3.05, 3.63) is 107 Å². The maximum absolute atomic E-state index is 13.4. The summed E-state index contributed by atoms with van der Waals surface area (Å²) in [6.45, 7) is 2.67. The minimum Gasteiger partial charge on any atom is -0.369 e. The van der Waals surface area contributed by atoms with Crippen LogP contribution in [-0.4, -0.2) is 37.1 Å². The molecule has 1 fully saturated rings. The maximum Gasteiger partial charge on any atom is 0.233 e. The summed E-state index contributed by atoms with van der Waals surface area (Å²) in [4.78, 5) is 13.2. The number of halogens is 1. The number of nitrogens with two attached hydrogens (primary N) is 1. The van der Waals surface area contributed by atoms with Gasteiger partial charge in [-0.15, -0.1) is 0 Å². The van der Waals surface area contributed by atoms with E-state index >= 15 is 0 Å². The van der Waals surface area contributed by atoms with Crippen molar-refractivity contribution in [2.75, 3.05) is 26.7 Å². The van der Waals surface area contributed by atoms with Crippen LogP contribution in [-0.2, 0) is 10.2 Å². The third kappa shape index (κ3) is 4.69. The lowest BCUT2D eigenvalue weighted by Gasteiger charge is -2.38. The summed E-state index contributed by atoms with van der Waals surface area (Å²) in [5, 5.41) is 0. The summed E-state index contributed by atoms with van der Waals surface area (Å²) in [7, 11) is 2.23. The molecular weight excluding hydrogens is 411 g/mol. The second-order valence-electron chi connectivity index (χ2n) is 9.20. The fraction of sp³-hybridized carbons (Fsp3) is 0.276. The average Bonchev–Trinajstić information content (AvgIpc) is 3.21. The molecule has 0 bridgehead atoms. The van der Waals surface area contributed by atoms with E-state index in [-0.39, 0.29) is 17.6 Å². The highest BCUT2D eigenvalue weighted by Crippen LogP contribution is 2.45. The van der Waals surface area contributed by atoms with E-state index in [1.54, 1.807) is 6.07 Å². The highest BCUT2D eigenvalue weighted by atomic mass is 19.1. The van der Waals surface area contributed by atoms with Crippen molar-refractivity contribution in [1.82, 2.24) is 0 Å². The summed E-state index contributed by atoms with van der Waals surface area (Å²) in [5.41, 5.74) is 7.93. The van der Waals surface area contributed by atoms with Crippen LogP contribution in [0, 0.1) is 23.6 Å². The van der Waals surface area contributed by atoms with Crippen molar-refractivity contribution >= 4 is 5.91 Å². The third-order valence-electron chi connectivity index (χ3n) is 6.97. The van der Waals surface area contributed by atoms with Gasteiger partial charge in [-0.3, -0.25) is 4.79 Å². The summed E-state index contributed by atoms with van der Waals surface area (Å²) in [6, 6.07) is 26.3. The summed E-state index contributed by atoms with van der Waals surface area (Å²) < 4.78 is 14.2. The van der Waals surface area contributed by atoms with Crippen LogP contribution in [0.1, 0.15) is 29.5 Å². The summed E-state index contributed by atoms with van der Waals surface area (Å²) >= 11 is 0. The first-order valence-corrected chi connectivity index (χ1v) is 11.4. The molecule has 3 nitrogen and oxygen atoms in total. The fourth-order valence-corrected chi connectivity index (χ4v) is 5.32. The Morgan fingerprint density at radius 2 is 1.67 bits per heavy atom. The molecule has 33 heavy (non-hydrogen) atoms. The van der Waals surface area contributed by atoms with Crippen LogP contribution >= 0.6 is 0 Å². The Hall–Kier alpha value is -3.42. The Labute approximate surface area is 195 Å². The predicted octanol–water partition coefficient (Wildman–Crippen LogP) is 4.51. The SMILES string of the molecule is C[N+]1(CCC#Cc2cccc(F)c2)CCC(C(C(N)=O)(c2ccccc2)c2ccccc2)C1. The Morgan fingerprint density at radius 1 is 1.03 bits per heavy atom. The smallest absolute Gasteiger partial charge is 0.233 e. The highest BCUT2D eigenvalue weighted by Gasteiger charge is 2.53. The highest BCUT2D eigenvalue weighted by molar-refractivity contribution is 5.91. The largest absolute Gasteiger partial charge is 0.369 e. The number of hydrogen-bond acceptors (Lipinski definition) is 1. The molecule has 2 atom stereocenters. The monoisotopic (exact) mass is 441 g/mol. The van der Waals surface area contributed by atoms with Crippen LogP contribution < -0.4 is 5.73 Å². The molecule has 1 aliphatic rings. The van der Waals surface area contributed by atoms with E-state index in [4.69, 9.17) is 5.73 Å². The second-order valence-corrected chi connectivity index (χ2v) is 9.20. The first kappa shape index (κ1) is 22.8. The Balaban J connectivity index is 1.58. The van der Waals surface area contributed by atoms with Gasteiger partial charge in [0.1, 0.15) is 11.2 Å². The van der Waals surface area contributed by atoms with Gasteiger partial charge in [-0.05, 0) is 29.3 Å². The molecule has 4 rings (SSSR count). The van der Waals surface area contributed by atoms with Gasteiger partial charge in [0, 0.05) is 17.9 Å². The quantitative estimate of drug-likeness (QED) is 0.444. The lowest BCUT2D eigenvalue weighted by atomic mass is 9.64. The van der Waals surface area contributed by atoms with Gasteiger partial charge in [-0.1, -0.05) is 78.6 Å². The fourth-order valence-electron chi connectivity index (χ4n) is 5.32. The predicted molar refractivity (Wildman–Crippen MR) is 130 cm³/mol. The third-order valence-corrected chi connectivity index (χ3v) is 6.97. The number of primary amides is 1. The van der Waals surface area contributed by atoms with Gasteiger partial charge in [0.2, 0.25) is 5.91 Å². The summed E-state index contributed by atoms with van der Waals surface area (Å²) in [5.74, 6) is 5.77. The molecular formula is C29H30FN2O+. The van der Waals surface area contributed by atoms with E-state index in [0.717, 1.165) is 41.7 Å². The molecule has 168 valence electrons. The number of hydrogen-bond donors (Lipinski definition) is 1. The molecule has 3 aromatic rings. The summed E-state index contributed by atoms with van der Waals surface area (Å²) in [6.07, 6.45) is 1.61. The number of rotatable bonds is 6. The van der Waals surface area contributed by atoms with Gasteiger partial charge < -0.3 is 10.2 Å². The Bertz CT molecular complexity index is 1130. The van der Waals surface area contributed by atoms with Crippen LogP contribution in [0.5, 0.6) is 0 Å². The van der Waals surface area contributed by atoms with Crippen molar-refractivity contribution in [1.29, 1.82) is 0 Å². The lowest BCUT2D eigenvalue weighted by molar-refractivity contribution is -0.898. The molecule has 0 aliphatic carbocycles. The zero-order valence-corrected chi connectivity index (χ0v) is 19.0. The number of carbonyl (C=O) groups excluding carboxylic acids is 1. The number of nitrogens with zero attached hydrogens (tertiary/aromatic N) is 1. The van der Waals surface area contributed by atoms with Crippen molar-refractivity contribution in [3.63, 3.8) is 0 Å². The maximum atomic E-state index is 13.4. The van der Waals surface area contributed by atoms with Crippen LogP contribution in [0.25, 0.3) is 0 Å². The van der Waals surface area contributed by atoms with Gasteiger partial charge in [-0.25, -0.2) is 4.39 Å². The second kappa shape index (κ2) is 9.60. The molecule has 2 unspecified atom stereocenters. The molecule has 0 saturated carbocycles. The van der Waals surface area contributed by atoms with Gasteiger partial charge in [-0.2, -0.15) is 0 Å².